The van der Waals surface area contributed by atoms with Crippen molar-refractivity contribution >= 4 is 33.4 Å². The number of alkyl halides is 3. The zero-order chi connectivity index (χ0) is 23.2. The van der Waals surface area contributed by atoms with E-state index in [0.717, 1.165) is 0 Å². The van der Waals surface area contributed by atoms with E-state index in [2.05, 4.69) is 4.74 Å². The minimum absolute atomic E-state index is 0.0124. The molecule has 2 heterocycles. The average Bonchev–Trinajstić information content (AvgIpc) is 2.80. The molecule has 168 valence electrons. The first-order valence-electron chi connectivity index (χ1n) is 10.5. The number of carbonyl (C=O) groups is 1. The Morgan fingerprint density at radius 2 is 1.58 bits per heavy atom. The molecule has 0 unspecified atom stereocenters. The zero-order valence-electron chi connectivity index (χ0n) is 17.4. The van der Waals surface area contributed by atoms with Gasteiger partial charge in [0, 0.05) is 23.0 Å². The van der Waals surface area contributed by atoms with Crippen molar-refractivity contribution in [3.63, 3.8) is 0 Å². The molecule has 0 atom stereocenters. The molecule has 1 aliphatic heterocycles. The smallest absolute Gasteiger partial charge is 0.406 e. The van der Waals surface area contributed by atoms with E-state index in [1.54, 1.807) is 41.3 Å². The zero-order valence-corrected chi connectivity index (χ0v) is 17.4. The topological polar surface area (TPSA) is 51.5 Å². The highest BCUT2D eigenvalue weighted by Gasteiger charge is 2.32. The summed E-state index contributed by atoms with van der Waals surface area (Å²) in [6.07, 6.45) is -3.59. The molecule has 1 aliphatic rings. The Morgan fingerprint density at radius 3 is 2.21 bits per heavy atom. The van der Waals surface area contributed by atoms with Gasteiger partial charge in [0.2, 0.25) is 5.91 Å². The lowest BCUT2D eigenvalue weighted by molar-refractivity contribution is -0.274. The Hall–Kier alpha value is -3.81. The van der Waals surface area contributed by atoms with E-state index in [1.165, 1.54) is 18.2 Å². The van der Waals surface area contributed by atoms with E-state index >= 15 is 0 Å². The molecule has 1 amide bonds. The molecule has 5 nitrogen and oxygen atoms in total. The van der Waals surface area contributed by atoms with Gasteiger partial charge in [-0.2, -0.15) is 0 Å². The van der Waals surface area contributed by atoms with E-state index < -0.39 is 6.36 Å². The fourth-order valence-electron chi connectivity index (χ4n) is 4.50. The molecule has 0 spiro atoms. The lowest BCUT2D eigenvalue weighted by Gasteiger charge is -2.30. The number of hydrogen-bond acceptors (Lipinski definition) is 3. The monoisotopic (exact) mass is 452 g/mol. The highest BCUT2D eigenvalue weighted by atomic mass is 19.4. The second-order valence-electron chi connectivity index (χ2n) is 7.94. The van der Waals surface area contributed by atoms with E-state index in [0.29, 0.717) is 52.4 Å². The van der Waals surface area contributed by atoms with Crippen molar-refractivity contribution in [1.82, 2.24) is 4.57 Å². The predicted octanol–water partition coefficient (Wildman–Crippen LogP) is 5.03. The van der Waals surface area contributed by atoms with Gasteiger partial charge in [0.1, 0.15) is 12.3 Å². The van der Waals surface area contributed by atoms with Crippen LogP contribution >= 0.6 is 0 Å². The third-order valence-electron chi connectivity index (χ3n) is 5.88. The first kappa shape index (κ1) is 21.1. The normalized spacial score (nSPS) is 13.8. The predicted molar refractivity (Wildman–Crippen MR) is 120 cm³/mol. The van der Waals surface area contributed by atoms with Crippen molar-refractivity contribution < 1.29 is 22.7 Å². The molecular weight excluding hydrogens is 433 g/mol. The van der Waals surface area contributed by atoms with Gasteiger partial charge in [-0.1, -0.05) is 24.3 Å². The molecule has 0 bridgehead atoms. The lowest BCUT2D eigenvalue weighted by atomic mass is 10.0. The lowest BCUT2D eigenvalue weighted by Crippen LogP contribution is -2.38. The molecule has 0 saturated heterocycles. The summed E-state index contributed by atoms with van der Waals surface area (Å²) in [6.45, 7) is 0.447. The summed E-state index contributed by atoms with van der Waals surface area (Å²) in [7, 11) is 0. The van der Waals surface area contributed by atoms with E-state index in [1.807, 2.05) is 16.7 Å². The fraction of sp³-hybridized carbons (Fsp3) is 0.200. The molecule has 3 aromatic carbocycles. The van der Waals surface area contributed by atoms with Crippen LogP contribution in [0.3, 0.4) is 0 Å². The van der Waals surface area contributed by atoms with Crippen LogP contribution in [0.5, 0.6) is 5.75 Å². The minimum atomic E-state index is -4.77. The second-order valence-corrected chi connectivity index (χ2v) is 7.94. The van der Waals surface area contributed by atoms with Crippen LogP contribution in [0.15, 0.2) is 71.5 Å². The first-order valence-corrected chi connectivity index (χ1v) is 10.5. The minimum Gasteiger partial charge on any atom is -0.406 e. The van der Waals surface area contributed by atoms with Crippen LogP contribution in [0, 0.1) is 0 Å². The van der Waals surface area contributed by atoms with Crippen LogP contribution in [0.1, 0.15) is 12.0 Å². The summed E-state index contributed by atoms with van der Waals surface area (Å²) in [5.74, 6) is -0.507. The Labute approximate surface area is 186 Å². The van der Waals surface area contributed by atoms with Crippen molar-refractivity contribution in [3.05, 3.63) is 82.5 Å². The molecule has 4 aromatic rings. The molecule has 0 N–H and O–H groups in total. The number of ether oxygens (including phenoxy) is 1. The second kappa shape index (κ2) is 7.95. The maximum atomic E-state index is 13.4. The third kappa shape index (κ3) is 3.92. The Kier molecular flexibility index (Phi) is 5.08. The molecule has 0 radical (unpaired) electrons. The van der Waals surface area contributed by atoms with Crippen LogP contribution in [0.4, 0.5) is 18.9 Å². The van der Waals surface area contributed by atoms with Gasteiger partial charge < -0.3 is 14.2 Å². The molecule has 8 heteroatoms. The summed E-state index contributed by atoms with van der Waals surface area (Å²) in [4.78, 5) is 27.9. The largest absolute Gasteiger partial charge is 0.573 e. The number of halogens is 3. The maximum Gasteiger partial charge on any atom is 0.573 e. The number of anilines is 1. The SMILES string of the molecule is O=C(Cn1c2ccccc2c(=O)c2ccccc21)N1CCCc2cc(OC(F)(F)F)ccc21. The first-order chi connectivity index (χ1) is 15.8. The number of nitrogens with zero attached hydrogens (tertiary/aromatic N) is 2. The van der Waals surface area contributed by atoms with Gasteiger partial charge in [-0.05, 0) is 60.9 Å². The van der Waals surface area contributed by atoms with E-state index in [9.17, 15) is 22.8 Å². The van der Waals surface area contributed by atoms with Crippen LogP contribution in [-0.4, -0.2) is 23.4 Å². The fourth-order valence-corrected chi connectivity index (χ4v) is 4.50. The van der Waals surface area contributed by atoms with Crippen molar-refractivity contribution in [3.8, 4) is 5.75 Å². The van der Waals surface area contributed by atoms with Crippen molar-refractivity contribution in [1.29, 1.82) is 0 Å². The number of fused-ring (bicyclic) bond motifs is 3. The molecule has 0 fully saturated rings. The molecule has 0 saturated carbocycles. The summed E-state index contributed by atoms with van der Waals surface area (Å²) in [6, 6.07) is 18.4. The van der Waals surface area contributed by atoms with E-state index in [-0.39, 0.29) is 23.6 Å². The molecule has 0 aliphatic carbocycles. The van der Waals surface area contributed by atoms with Gasteiger partial charge >= 0.3 is 6.36 Å². The maximum absolute atomic E-state index is 13.4. The summed E-state index contributed by atoms with van der Waals surface area (Å²) >= 11 is 0. The number of aryl methyl sites for hydroxylation is 1. The van der Waals surface area contributed by atoms with Crippen LogP contribution < -0.4 is 15.1 Å². The van der Waals surface area contributed by atoms with Gasteiger partial charge in [-0.25, -0.2) is 0 Å². The molecule has 33 heavy (non-hydrogen) atoms. The number of aromatic nitrogens is 1. The number of rotatable bonds is 3. The quantitative estimate of drug-likeness (QED) is 0.410. The number of benzene rings is 3. The Balaban J connectivity index is 1.54. The standard InChI is InChI=1S/C25H19F3N2O3/c26-25(27,28)33-17-11-12-20-16(14-17)6-5-13-29(20)23(31)15-30-21-9-3-1-7-18(21)24(32)19-8-2-4-10-22(19)30/h1-4,7-12,14H,5-6,13,15H2. The third-order valence-corrected chi connectivity index (χ3v) is 5.88. The highest BCUT2D eigenvalue weighted by Crippen LogP contribution is 2.33. The van der Waals surface area contributed by atoms with Crippen LogP contribution in [-0.2, 0) is 17.8 Å². The van der Waals surface area contributed by atoms with Crippen molar-refractivity contribution in [2.45, 2.75) is 25.7 Å². The summed E-state index contributed by atoms with van der Waals surface area (Å²) in [5, 5.41) is 1.05. The van der Waals surface area contributed by atoms with Crippen LogP contribution in [0.25, 0.3) is 21.8 Å². The number of para-hydroxylation sites is 2. The highest BCUT2D eigenvalue weighted by molar-refractivity contribution is 5.98. The van der Waals surface area contributed by atoms with Gasteiger partial charge in [-0.3, -0.25) is 9.59 Å². The molecular formula is C25H19F3N2O3. The van der Waals surface area contributed by atoms with Gasteiger partial charge in [0.05, 0.1) is 11.0 Å². The number of carbonyl (C=O) groups excluding carboxylic acids is 1. The molecule has 5 rings (SSSR count). The summed E-state index contributed by atoms with van der Waals surface area (Å²) in [5.41, 5.74) is 2.42. The molecule has 1 aromatic heterocycles. The van der Waals surface area contributed by atoms with Gasteiger partial charge in [-0.15, -0.1) is 13.2 Å². The Morgan fingerprint density at radius 1 is 0.939 bits per heavy atom. The Bertz CT molecular complexity index is 1380. The van der Waals surface area contributed by atoms with Crippen LogP contribution in [0.2, 0.25) is 0 Å². The summed E-state index contributed by atoms with van der Waals surface area (Å²) < 4.78 is 43.6. The number of hydrogen-bond donors (Lipinski definition) is 0. The van der Waals surface area contributed by atoms with Gasteiger partial charge in [0.25, 0.3) is 0 Å². The average molecular weight is 452 g/mol. The number of amides is 1. The van der Waals surface area contributed by atoms with Crippen molar-refractivity contribution in [2.24, 2.45) is 0 Å². The van der Waals surface area contributed by atoms with E-state index in [4.69, 9.17) is 0 Å². The van der Waals surface area contributed by atoms with Crippen molar-refractivity contribution in [2.75, 3.05) is 11.4 Å². The number of pyridine rings is 1. The van der Waals surface area contributed by atoms with Gasteiger partial charge in [0.15, 0.2) is 5.43 Å².